The highest BCUT2D eigenvalue weighted by Crippen LogP contribution is 2.37. The summed E-state index contributed by atoms with van der Waals surface area (Å²) >= 11 is 5.76. The second kappa shape index (κ2) is 4.85. The Bertz CT molecular complexity index is 602. The van der Waals surface area contributed by atoms with Gasteiger partial charge >= 0.3 is 0 Å². The molecular formula is C13H11ClN2O3. The highest BCUT2D eigenvalue weighted by atomic mass is 35.5. The molecule has 0 fully saturated rings. The van der Waals surface area contributed by atoms with Crippen LogP contribution in [0.2, 0.25) is 5.02 Å². The van der Waals surface area contributed by atoms with Crippen LogP contribution in [0.15, 0.2) is 30.5 Å². The van der Waals surface area contributed by atoms with Crippen LogP contribution in [0.4, 0.5) is 5.82 Å². The van der Waals surface area contributed by atoms with Crippen molar-refractivity contribution in [3.63, 3.8) is 0 Å². The van der Waals surface area contributed by atoms with Gasteiger partial charge in [-0.25, -0.2) is 4.98 Å². The van der Waals surface area contributed by atoms with Crippen molar-refractivity contribution in [1.82, 2.24) is 4.98 Å². The Balaban J connectivity index is 1.75. The minimum absolute atomic E-state index is 0.158. The van der Waals surface area contributed by atoms with Gasteiger partial charge in [-0.2, -0.15) is 0 Å². The van der Waals surface area contributed by atoms with E-state index in [0.29, 0.717) is 34.4 Å². The molecule has 2 heterocycles. The van der Waals surface area contributed by atoms with E-state index >= 15 is 0 Å². The number of phenolic OH excluding ortho intramolecular Hbond substituents is 1. The molecule has 1 aromatic carbocycles. The van der Waals surface area contributed by atoms with Crippen LogP contribution in [0.3, 0.4) is 0 Å². The number of aromatic hydroxyl groups is 1. The highest BCUT2D eigenvalue weighted by molar-refractivity contribution is 6.30. The van der Waals surface area contributed by atoms with Gasteiger partial charge < -0.3 is 19.9 Å². The van der Waals surface area contributed by atoms with E-state index in [1.54, 1.807) is 30.5 Å². The second-order valence-corrected chi connectivity index (χ2v) is 4.49. The summed E-state index contributed by atoms with van der Waals surface area (Å²) in [7, 11) is 0. The topological polar surface area (TPSA) is 63.6 Å². The lowest BCUT2D eigenvalue weighted by Crippen LogP contribution is -2.01. The van der Waals surface area contributed by atoms with E-state index in [2.05, 4.69) is 10.3 Å². The van der Waals surface area contributed by atoms with Crippen molar-refractivity contribution in [2.75, 3.05) is 12.1 Å². The Morgan fingerprint density at radius 2 is 2.05 bits per heavy atom. The van der Waals surface area contributed by atoms with Crippen LogP contribution in [-0.4, -0.2) is 16.9 Å². The van der Waals surface area contributed by atoms with Crippen molar-refractivity contribution in [3.05, 3.63) is 41.0 Å². The largest absolute Gasteiger partial charge is 0.507 e. The summed E-state index contributed by atoms with van der Waals surface area (Å²) in [5, 5.41) is 13.6. The fourth-order valence-electron chi connectivity index (χ4n) is 1.78. The number of ether oxygens (including phenoxy) is 2. The number of halogens is 1. The zero-order chi connectivity index (χ0) is 13.2. The molecular weight excluding hydrogens is 268 g/mol. The van der Waals surface area contributed by atoms with Gasteiger partial charge in [0, 0.05) is 24.4 Å². The summed E-state index contributed by atoms with van der Waals surface area (Å²) in [6.07, 6.45) is 1.56. The molecule has 98 valence electrons. The third-order valence-electron chi connectivity index (χ3n) is 2.76. The maximum absolute atomic E-state index is 9.88. The predicted molar refractivity (Wildman–Crippen MR) is 70.8 cm³/mol. The first-order valence-electron chi connectivity index (χ1n) is 5.69. The first kappa shape index (κ1) is 11.9. The van der Waals surface area contributed by atoms with Crippen molar-refractivity contribution in [1.29, 1.82) is 0 Å². The number of nitrogens with one attached hydrogen (secondary N) is 1. The number of hydrogen-bond acceptors (Lipinski definition) is 5. The summed E-state index contributed by atoms with van der Waals surface area (Å²) in [5.74, 6) is 2.04. The van der Waals surface area contributed by atoms with Crippen molar-refractivity contribution in [2.45, 2.75) is 6.54 Å². The van der Waals surface area contributed by atoms with Crippen LogP contribution in [0.25, 0.3) is 0 Å². The molecule has 0 radical (unpaired) electrons. The van der Waals surface area contributed by atoms with Gasteiger partial charge in [-0.15, -0.1) is 0 Å². The average Bonchev–Trinajstić information content (AvgIpc) is 2.85. The average molecular weight is 279 g/mol. The Labute approximate surface area is 114 Å². The minimum Gasteiger partial charge on any atom is -0.507 e. The monoisotopic (exact) mass is 278 g/mol. The Morgan fingerprint density at radius 1 is 1.26 bits per heavy atom. The molecule has 2 N–H and O–H groups in total. The van der Waals surface area contributed by atoms with E-state index < -0.39 is 0 Å². The number of pyridine rings is 1. The first-order chi connectivity index (χ1) is 9.22. The highest BCUT2D eigenvalue weighted by Gasteiger charge is 2.16. The molecule has 1 aromatic heterocycles. The molecule has 5 nitrogen and oxygen atoms in total. The van der Waals surface area contributed by atoms with E-state index in [1.165, 1.54) is 0 Å². The molecule has 6 heteroatoms. The number of fused-ring (bicyclic) bond motifs is 1. The Hall–Kier alpha value is -2.14. The molecule has 0 spiro atoms. The standard InChI is InChI=1S/C13H11ClN2O3/c14-9-1-2-13(16-6-9)15-5-8-3-11-12(4-10(8)17)19-7-18-11/h1-4,6,17H,5,7H2,(H,15,16). The van der Waals surface area contributed by atoms with E-state index in [0.717, 1.165) is 0 Å². The number of aromatic nitrogens is 1. The van der Waals surface area contributed by atoms with Crippen molar-refractivity contribution >= 4 is 17.4 Å². The number of nitrogens with zero attached hydrogens (tertiary/aromatic N) is 1. The van der Waals surface area contributed by atoms with Gasteiger partial charge in [0.05, 0.1) is 5.02 Å². The van der Waals surface area contributed by atoms with E-state index in [4.69, 9.17) is 21.1 Å². The zero-order valence-electron chi connectivity index (χ0n) is 9.89. The summed E-state index contributed by atoms with van der Waals surface area (Å²) in [6.45, 7) is 0.613. The van der Waals surface area contributed by atoms with Gasteiger partial charge in [-0.1, -0.05) is 11.6 Å². The van der Waals surface area contributed by atoms with Gasteiger partial charge in [-0.3, -0.25) is 0 Å². The molecule has 19 heavy (non-hydrogen) atoms. The molecule has 0 saturated carbocycles. The van der Waals surface area contributed by atoms with Crippen molar-refractivity contribution in [2.24, 2.45) is 0 Å². The summed E-state index contributed by atoms with van der Waals surface area (Å²) in [5.41, 5.74) is 0.709. The van der Waals surface area contributed by atoms with Crippen LogP contribution in [0.1, 0.15) is 5.56 Å². The molecule has 0 saturated heterocycles. The third-order valence-corrected chi connectivity index (χ3v) is 2.98. The SMILES string of the molecule is Oc1cc2c(cc1CNc1ccc(Cl)cn1)OCO2. The normalized spacial score (nSPS) is 12.5. The van der Waals surface area contributed by atoms with Gasteiger partial charge in [0.25, 0.3) is 0 Å². The number of benzene rings is 1. The van der Waals surface area contributed by atoms with Crippen molar-refractivity contribution < 1.29 is 14.6 Å². The lowest BCUT2D eigenvalue weighted by atomic mass is 10.1. The first-order valence-corrected chi connectivity index (χ1v) is 6.07. The number of rotatable bonds is 3. The zero-order valence-corrected chi connectivity index (χ0v) is 10.6. The lowest BCUT2D eigenvalue weighted by Gasteiger charge is -2.08. The van der Waals surface area contributed by atoms with Gasteiger partial charge in [0.1, 0.15) is 11.6 Å². The van der Waals surface area contributed by atoms with Crippen LogP contribution < -0.4 is 14.8 Å². The number of phenols is 1. The van der Waals surface area contributed by atoms with Crippen LogP contribution >= 0.6 is 11.6 Å². The van der Waals surface area contributed by atoms with Crippen LogP contribution in [-0.2, 0) is 6.54 Å². The molecule has 1 aliphatic heterocycles. The molecule has 0 aliphatic carbocycles. The number of hydrogen-bond donors (Lipinski definition) is 2. The van der Waals surface area contributed by atoms with Gasteiger partial charge in [-0.05, 0) is 18.2 Å². The quantitative estimate of drug-likeness (QED) is 0.904. The second-order valence-electron chi connectivity index (χ2n) is 4.05. The molecule has 0 atom stereocenters. The lowest BCUT2D eigenvalue weighted by molar-refractivity contribution is 0.174. The third kappa shape index (κ3) is 2.51. The van der Waals surface area contributed by atoms with Crippen LogP contribution in [0, 0.1) is 0 Å². The molecule has 2 aromatic rings. The summed E-state index contributed by atoms with van der Waals surface area (Å²) in [6, 6.07) is 6.82. The van der Waals surface area contributed by atoms with Crippen molar-refractivity contribution in [3.8, 4) is 17.2 Å². The minimum atomic E-state index is 0.158. The molecule has 0 amide bonds. The summed E-state index contributed by atoms with van der Waals surface area (Å²) < 4.78 is 10.4. The fourth-order valence-corrected chi connectivity index (χ4v) is 1.89. The fraction of sp³-hybridized carbons (Fsp3) is 0.154. The molecule has 3 rings (SSSR count). The van der Waals surface area contributed by atoms with E-state index in [9.17, 15) is 5.11 Å². The smallest absolute Gasteiger partial charge is 0.231 e. The molecule has 0 unspecified atom stereocenters. The van der Waals surface area contributed by atoms with Crippen LogP contribution in [0.5, 0.6) is 17.2 Å². The maximum atomic E-state index is 9.88. The Kier molecular flexibility index (Phi) is 3.05. The van der Waals surface area contributed by atoms with E-state index in [1.807, 2.05) is 0 Å². The van der Waals surface area contributed by atoms with Gasteiger partial charge in [0.15, 0.2) is 11.5 Å². The molecule has 0 bridgehead atoms. The van der Waals surface area contributed by atoms with Gasteiger partial charge in [0.2, 0.25) is 6.79 Å². The molecule has 1 aliphatic rings. The predicted octanol–water partition coefficient (Wildman–Crippen LogP) is 2.78. The number of anilines is 1. The summed E-state index contributed by atoms with van der Waals surface area (Å²) in [4.78, 5) is 4.11. The Morgan fingerprint density at radius 3 is 2.79 bits per heavy atom. The maximum Gasteiger partial charge on any atom is 0.231 e. The van der Waals surface area contributed by atoms with E-state index in [-0.39, 0.29) is 12.5 Å².